The third kappa shape index (κ3) is 5.34. The molecule has 0 aromatic rings. The van der Waals surface area contributed by atoms with Gasteiger partial charge >= 0.3 is 0 Å². The molecule has 1 heterocycles. The number of nitrogens with zero attached hydrogens (tertiary/aromatic N) is 2. The standard InChI is InChI=1S/C17H35N3/c1-3-18-16(2)8-6-7-11-19-12-14-20(15-13-19)17-9-4-5-10-17/h16-18H,3-15H2,1-2H3. The van der Waals surface area contributed by atoms with Crippen molar-refractivity contribution >= 4 is 0 Å². The summed E-state index contributed by atoms with van der Waals surface area (Å²) in [5, 5.41) is 3.50. The molecule has 1 atom stereocenters. The van der Waals surface area contributed by atoms with Crippen LogP contribution in [0.1, 0.15) is 58.8 Å². The monoisotopic (exact) mass is 281 g/mol. The number of piperazine rings is 1. The molecule has 1 aliphatic carbocycles. The number of rotatable bonds is 8. The summed E-state index contributed by atoms with van der Waals surface area (Å²) in [4.78, 5) is 5.44. The molecule has 2 rings (SSSR count). The number of hydrogen-bond donors (Lipinski definition) is 1. The normalized spacial score (nSPS) is 24.3. The number of hydrogen-bond acceptors (Lipinski definition) is 3. The van der Waals surface area contributed by atoms with Crippen molar-refractivity contribution in [3.63, 3.8) is 0 Å². The molecule has 0 amide bonds. The number of unbranched alkanes of at least 4 members (excludes halogenated alkanes) is 1. The summed E-state index contributed by atoms with van der Waals surface area (Å²) in [7, 11) is 0. The minimum absolute atomic E-state index is 0.694. The Labute approximate surface area is 126 Å². The van der Waals surface area contributed by atoms with Gasteiger partial charge in [0.1, 0.15) is 0 Å². The van der Waals surface area contributed by atoms with Crippen molar-refractivity contribution in [1.82, 2.24) is 15.1 Å². The summed E-state index contributed by atoms with van der Waals surface area (Å²) in [5.74, 6) is 0. The van der Waals surface area contributed by atoms with Gasteiger partial charge in [-0.05, 0) is 45.7 Å². The van der Waals surface area contributed by atoms with E-state index in [9.17, 15) is 0 Å². The van der Waals surface area contributed by atoms with Crippen LogP contribution in [0, 0.1) is 0 Å². The Morgan fingerprint density at radius 1 is 1.05 bits per heavy atom. The fourth-order valence-corrected chi connectivity index (χ4v) is 3.86. The largest absolute Gasteiger partial charge is 0.315 e. The molecule has 0 spiro atoms. The third-order valence-corrected chi connectivity index (χ3v) is 5.16. The molecule has 1 N–H and O–H groups in total. The van der Waals surface area contributed by atoms with E-state index in [2.05, 4.69) is 29.0 Å². The lowest BCUT2D eigenvalue weighted by Gasteiger charge is -2.38. The van der Waals surface area contributed by atoms with Gasteiger partial charge in [-0.3, -0.25) is 4.90 Å². The summed E-state index contributed by atoms with van der Waals surface area (Å²) >= 11 is 0. The summed E-state index contributed by atoms with van der Waals surface area (Å²) in [6.45, 7) is 12.2. The highest BCUT2D eigenvalue weighted by molar-refractivity contribution is 4.81. The van der Waals surface area contributed by atoms with Crippen molar-refractivity contribution in [3.8, 4) is 0 Å². The van der Waals surface area contributed by atoms with E-state index in [-0.39, 0.29) is 0 Å². The highest BCUT2D eigenvalue weighted by Crippen LogP contribution is 2.24. The Kier molecular flexibility index (Phi) is 7.32. The molecule has 2 aliphatic rings. The van der Waals surface area contributed by atoms with E-state index < -0.39 is 0 Å². The molecule has 118 valence electrons. The molecular weight excluding hydrogens is 246 g/mol. The zero-order valence-electron chi connectivity index (χ0n) is 13.7. The van der Waals surface area contributed by atoms with Crippen LogP contribution in [0.5, 0.6) is 0 Å². The first-order valence-electron chi connectivity index (χ1n) is 8.99. The van der Waals surface area contributed by atoms with E-state index >= 15 is 0 Å². The first-order valence-corrected chi connectivity index (χ1v) is 8.99. The average Bonchev–Trinajstić information content (AvgIpc) is 2.99. The first-order chi connectivity index (χ1) is 9.79. The van der Waals surface area contributed by atoms with E-state index in [1.807, 2.05) is 0 Å². The molecule has 3 heteroatoms. The lowest BCUT2D eigenvalue weighted by molar-refractivity contribution is 0.0966. The Bertz CT molecular complexity index is 243. The summed E-state index contributed by atoms with van der Waals surface area (Å²) in [6, 6.07) is 1.62. The Balaban J connectivity index is 1.51. The smallest absolute Gasteiger partial charge is 0.0113 e. The van der Waals surface area contributed by atoms with Gasteiger partial charge < -0.3 is 10.2 Å². The Hall–Kier alpha value is -0.120. The predicted molar refractivity (Wildman–Crippen MR) is 87.3 cm³/mol. The first kappa shape index (κ1) is 16.3. The van der Waals surface area contributed by atoms with Gasteiger partial charge in [0, 0.05) is 38.3 Å². The molecule has 1 saturated carbocycles. The minimum Gasteiger partial charge on any atom is -0.315 e. The minimum atomic E-state index is 0.694. The highest BCUT2D eigenvalue weighted by Gasteiger charge is 2.25. The maximum atomic E-state index is 3.50. The van der Waals surface area contributed by atoms with Crippen molar-refractivity contribution in [2.45, 2.75) is 70.9 Å². The molecule has 2 fully saturated rings. The molecule has 1 aliphatic heterocycles. The zero-order valence-corrected chi connectivity index (χ0v) is 13.7. The molecule has 1 saturated heterocycles. The van der Waals surface area contributed by atoms with Crippen molar-refractivity contribution in [2.75, 3.05) is 39.3 Å². The SMILES string of the molecule is CCNC(C)CCCCN1CCN(C2CCCC2)CC1. The summed E-state index contributed by atoms with van der Waals surface area (Å²) < 4.78 is 0. The van der Waals surface area contributed by atoms with E-state index in [0.29, 0.717) is 6.04 Å². The molecule has 20 heavy (non-hydrogen) atoms. The molecule has 0 aromatic heterocycles. The van der Waals surface area contributed by atoms with E-state index in [1.165, 1.54) is 77.7 Å². The second kappa shape index (κ2) is 9.01. The van der Waals surface area contributed by atoms with Crippen LogP contribution in [0.3, 0.4) is 0 Å². The van der Waals surface area contributed by atoms with Gasteiger partial charge in [-0.15, -0.1) is 0 Å². The predicted octanol–water partition coefficient (Wildman–Crippen LogP) is 2.71. The van der Waals surface area contributed by atoms with Crippen molar-refractivity contribution in [1.29, 1.82) is 0 Å². The van der Waals surface area contributed by atoms with Crippen LogP contribution in [0.25, 0.3) is 0 Å². The fourth-order valence-electron chi connectivity index (χ4n) is 3.86. The van der Waals surface area contributed by atoms with Gasteiger partial charge in [-0.25, -0.2) is 0 Å². The van der Waals surface area contributed by atoms with E-state index in [0.717, 1.165) is 12.6 Å². The summed E-state index contributed by atoms with van der Waals surface area (Å²) in [5.41, 5.74) is 0. The van der Waals surface area contributed by atoms with Crippen LogP contribution in [-0.4, -0.2) is 61.2 Å². The second-order valence-electron chi connectivity index (χ2n) is 6.77. The fraction of sp³-hybridized carbons (Fsp3) is 1.00. The van der Waals surface area contributed by atoms with E-state index in [4.69, 9.17) is 0 Å². The Morgan fingerprint density at radius 3 is 2.40 bits per heavy atom. The molecule has 0 bridgehead atoms. The highest BCUT2D eigenvalue weighted by atomic mass is 15.3. The van der Waals surface area contributed by atoms with Crippen molar-refractivity contribution in [3.05, 3.63) is 0 Å². The Morgan fingerprint density at radius 2 is 1.75 bits per heavy atom. The maximum Gasteiger partial charge on any atom is 0.0113 e. The molecule has 0 aromatic carbocycles. The molecule has 1 unspecified atom stereocenters. The molecule has 3 nitrogen and oxygen atoms in total. The summed E-state index contributed by atoms with van der Waals surface area (Å²) in [6.07, 6.45) is 9.93. The van der Waals surface area contributed by atoms with Crippen LogP contribution in [0.15, 0.2) is 0 Å². The lowest BCUT2D eigenvalue weighted by atomic mass is 10.1. The van der Waals surface area contributed by atoms with Gasteiger partial charge in [0.25, 0.3) is 0 Å². The van der Waals surface area contributed by atoms with Gasteiger partial charge in [0.05, 0.1) is 0 Å². The van der Waals surface area contributed by atoms with Gasteiger partial charge in [0.15, 0.2) is 0 Å². The average molecular weight is 281 g/mol. The van der Waals surface area contributed by atoms with Crippen LogP contribution < -0.4 is 5.32 Å². The lowest BCUT2D eigenvalue weighted by Crippen LogP contribution is -2.49. The maximum absolute atomic E-state index is 3.50. The zero-order chi connectivity index (χ0) is 14.2. The van der Waals surface area contributed by atoms with Gasteiger partial charge in [-0.1, -0.05) is 26.2 Å². The second-order valence-corrected chi connectivity index (χ2v) is 6.77. The van der Waals surface area contributed by atoms with Gasteiger partial charge in [-0.2, -0.15) is 0 Å². The van der Waals surface area contributed by atoms with Crippen molar-refractivity contribution in [2.24, 2.45) is 0 Å². The van der Waals surface area contributed by atoms with Crippen LogP contribution in [0.4, 0.5) is 0 Å². The topological polar surface area (TPSA) is 18.5 Å². The van der Waals surface area contributed by atoms with E-state index in [1.54, 1.807) is 0 Å². The van der Waals surface area contributed by atoms with Crippen LogP contribution in [-0.2, 0) is 0 Å². The molecular formula is C17H35N3. The quantitative estimate of drug-likeness (QED) is 0.690. The van der Waals surface area contributed by atoms with Gasteiger partial charge in [0.2, 0.25) is 0 Å². The molecule has 0 radical (unpaired) electrons. The number of nitrogens with one attached hydrogen (secondary N) is 1. The van der Waals surface area contributed by atoms with Crippen LogP contribution >= 0.6 is 0 Å². The van der Waals surface area contributed by atoms with Crippen molar-refractivity contribution < 1.29 is 0 Å². The third-order valence-electron chi connectivity index (χ3n) is 5.16. The van der Waals surface area contributed by atoms with Crippen LogP contribution in [0.2, 0.25) is 0 Å².